The number of hydrogen-bond acceptors (Lipinski definition) is 3. The lowest BCUT2D eigenvalue weighted by molar-refractivity contribution is 0.0729. The van der Waals surface area contributed by atoms with E-state index in [2.05, 4.69) is 34.8 Å². The summed E-state index contributed by atoms with van der Waals surface area (Å²) >= 11 is 3.30. The van der Waals surface area contributed by atoms with Crippen LogP contribution in [0.3, 0.4) is 0 Å². The lowest BCUT2D eigenvalue weighted by Gasteiger charge is -2.26. The Labute approximate surface area is 117 Å². The summed E-state index contributed by atoms with van der Waals surface area (Å²) < 4.78 is 0.755. The Kier molecular flexibility index (Phi) is 5.14. The second-order valence-corrected chi connectivity index (χ2v) is 5.90. The van der Waals surface area contributed by atoms with Gasteiger partial charge in [-0.1, -0.05) is 13.8 Å². The number of nitrogen functional groups attached to an aromatic ring is 1. The zero-order chi connectivity index (χ0) is 13.9. The van der Waals surface area contributed by atoms with Crippen LogP contribution in [0.2, 0.25) is 0 Å². The van der Waals surface area contributed by atoms with Crippen molar-refractivity contribution in [3.63, 3.8) is 0 Å². The fourth-order valence-corrected chi connectivity index (χ4v) is 2.18. The minimum Gasteiger partial charge on any atom is -0.383 e. The second kappa shape index (κ2) is 6.18. The number of aromatic nitrogens is 1. The molecule has 0 aliphatic rings. The standard InChI is InChI=1S/C13H20BrN3O/c1-8(2)5-9(3)17(4)13(18)11-6-10(14)7-16-12(11)15/h6-9H,5H2,1-4H3,(H2,15,16). The van der Waals surface area contributed by atoms with E-state index in [4.69, 9.17) is 5.73 Å². The Morgan fingerprint density at radius 1 is 1.50 bits per heavy atom. The van der Waals surface area contributed by atoms with Gasteiger partial charge in [0.2, 0.25) is 0 Å². The van der Waals surface area contributed by atoms with E-state index in [1.54, 1.807) is 24.2 Å². The monoisotopic (exact) mass is 313 g/mol. The van der Waals surface area contributed by atoms with E-state index in [1.165, 1.54) is 0 Å². The molecule has 100 valence electrons. The van der Waals surface area contributed by atoms with Crippen LogP contribution in [0.25, 0.3) is 0 Å². The van der Waals surface area contributed by atoms with Gasteiger partial charge in [0.1, 0.15) is 5.82 Å². The maximum Gasteiger partial charge on any atom is 0.257 e. The van der Waals surface area contributed by atoms with Crippen LogP contribution in [0, 0.1) is 5.92 Å². The number of carbonyl (C=O) groups excluding carboxylic acids is 1. The number of amides is 1. The zero-order valence-electron chi connectivity index (χ0n) is 11.3. The van der Waals surface area contributed by atoms with E-state index in [9.17, 15) is 4.79 Å². The van der Waals surface area contributed by atoms with E-state index >= 15 is 0 Å². The van der Waals surface area contributed by atoms with E-state index in [0.717, 1.165) is 10.9 Å². The molecule has 1 aromatic heterocycles. The Morgan fingerprint density at radius 2 is 2.11 bits per heavy atom. The number of anilines is 1. The number of hydrogen-bond donors (Lipinski definition) is 1. The maximum atomic E-state index is 12.3. The molecule has 0 aliphatic carbocycles. The highest BCUT2D eigenvalue weighted by Crippen LogP contribution is 2.19. The van der Waals surface area contributed by atoms with Gasteiger partial charge in [0.05, 0.1) is 5.56 Å². The highest BCUT2D eigenvalue weighted by Gasteiger charge is 2.20. The molecule has 1 aromatic rings. The minimum absolute atomic E-state index is 0.0885. The fourth-order valence-electron chi connectivity index (χ4n) is 1.85. The summed E-state index contributed by atoms with van der Waals surface area (Å²) in [5, 5.41) is 0. The molecule has 0 saturated carbocycles. The first kappa shape index (κ1) is 15.0. The van der Waals surface area contributed by atoms with Gasteiger partial charge in [0, 0.05) is 23.8 Å². The molecule has 5 heteroatoms. The molecular formula is C13H20BrN3O. The Bertz CT molecular complexity index is 434. The van der Waals surface area contributed by atoms with Gasteiger partial charge < -0.3 is 10.6 Å². The van der Waals surface area contributed by atoms with E-state index in [1.807, 2.05) is 6.92 Å². The summed E-state index contributed by atoms with van der Waals surface area (Å²) in [4.78, 5) is 18.0. The van der Waals surface area contributed by atoms with Crippen LogP contribution < -0.4 is 5.73 Å². The van der Waals surface area contributed by atoms with Crippen molar-refractivity contribution in [2.75, 3.05) is 12.8 Å². The Morgan fingerprint density at radius 3 is 2.67 bits per heavy atom. The van der Waals surface area contributed by atoms with Crippen molar-refractivity contribution < 1.29 is 4.79 Å². The highest BCUT2D eigenvalue weighted by molar-refractivity contribution is 9.10. The number of halogens is 1. The first-order valence-electron chi connectivity index (χ1n) is 6.01. The minimum atomic E-state index is -0.0885. The molecule has 0 radical (unpaired) electrons. The van der Waals surface area contributed by atoms with Gasteiger partial charge in [0.15, 0.2) is 0 Å². The SMILES string of the molecule is CC(C)CC(C)N(C)C(=O)c1cc(Br)cnc1N. The third-order valence-corrected chi connectivity index (χ3v) is 3.34. The molecule has 18 heavy (non-hydrogen) atoms. The molecule has 0 bridgehead atoms. The van der Waals surface area contributed by atoms with Crippen LogP contribution >= 0.6 is 15.9 Å². The van der Waals surface area contributed by atoms with E-state index in [0.29, 0.717) is 11.5 Å². The molecule has 0 aliphatic heterocycles. The predicted molar refractivity (Wildman–Crippen MR) is 77.4 cm³/mol. The molecule has 4 nitrogen and oxygen atoms in total. The number of carbonyl (C=O) groups is 1. The molecular weight excluding hydrogens is 294 g/mol. The van der Waals surface area contributed by atoms with E-state index < -0.39 is 0 Å². The largest absolute Gasteiger partial charge is 0.383 e. The first-order chi connectivity index (χ1) is 8.32. The average molecular weight is 314 g/mol. The van der Waals surface area contributed by atoms with Gasteiger partial charge in [-0.05, 0) is 41.3 Å². The van der Waals surface area contributed by atoms with Gasteiger partial charge >= 0.3 is 0 Å². The summed E-state index contributed by atoms with van der Waals surface area (Å²) in [5.41, 5.74) is 6.20. The van der Waals surface area contributed by atoms with Crippen molar-refractivity contribution in [2.24, 2.45) is 5.92 Å². The van der Waals surface area contributed by atoms with Crippen LogP contribution in [-0.2, 0) is 0 Å². The number of nitrogens with two attached hydrogens (primary N) is 1. The van der Waals surface area contributed by atoms with Crippen LogP contribution in [0.4, 0.5) is 5.82 Å². The zero-order valence-corrected chi connectivity index (χ0v) is 12.9. The maximum absolute atomic E-state index is 12.3. The van der Waals surface area contributed by atoms with Crippen molar-refractivity contribution >= 4 is 27.7 Å². The van der Waals surface area contributed by atoms with Gasteiger partial charge in [-0.3, -0.25) is 4.79 Å². The van der Waals surface area contributed by atoms with Gasteiger partial charge in [-0.25, -0.2) is 4.98 Å². The Hall–Kier alpha value is -1.10. The van der Waals surface area contributed by atoms with Crippen molar-refractivity contribution in [2.45, 2.75) is 33.2 Å². The highest BCUT2D eigenvalue weighted by atomic mass is 79.9. The summed E-state index contributed by atoms with van der Waals surface area (Å²) in [5.74, 6) is 0.731. The summed E-state index contributed by atoms with van der Waals surface area (Å²) in [6, 6.07) is 1.89. The van der Waals surface area contributed by atoms with Crippen LogP contribution in [0.15, 0.2) is 16.7 Å². The van der Waals surface area contributed by atoms with Crippen LogP contribution in [0.1, 0.15) is 37.6 Å². The van der Waals surface area contributed by atoms with Gasteiger partial charge in [-0.2, -0.15) is 0 Å². The number of rotatable bonds is 4. The van der Waals surface area contributed by atoms with Gasteiger partial charge in [0.25, 0.3) is 5.91 Å². The summed E-state index contributed by atoms with van der Waals surface area (Å²) in [7, 11) is 1.80. The van der Waals surface area contributed by atoms with Crippen LogP contribution in [0.5, 0.6) is 0 Å². The average Bonchev–Trinajstić information content (AvgIpc) is 2.29. The number of nitrogens with zero attached hydrogens (tertiary/aromatic N) is 2. The molecule has 0 fully saturated rings. The van der Waals surface area contributed by atoms with Crippen molar-refractivity contribution in [3.8, 4) is 0 Å². The third-order valence-electron chi connectivity index (χ3n) is 2.91. The first-order valence-corrected chi connectivity index (χ1v) is 6.80. The fraction of sp³-hybridized carbons (Fsp3) is 0.538. The molecule has 0 spiro atoms. The molecule has 1 atom stereocenters. The van der Waals surface area contributed by atoms with Gasteiger partial charge in [-0.15, -0.1) is 0 Å². The molecule has 1 rings (SSSR count). The normalized spacial score (nSPS) is 12.6. The molecule has 0 aromatic carbocycles. The lowest BCUT2D eigenvalue weighted by atomic mass is 10.0. The molecule has 2 N–H and O–H groups in total. The third kappa shape index (κ3) is 3.70. The van der Waals surface area contributed by atoms with E-state index in [-0.39, 0.29) is 17.8 Å². The lowest BCUT2D eigenvalue weighted by Crippen LogP contribution is -2.36. The van der Waals surface area contributed by atoms with Crippen molar-refractivity contribution in [1.29, 1.82) is 0 Å². The molecule has 0 saturated heterocycles. The van der Waals surface area contributed by atoms with Crippen molar-refractivity contribution in [3.05, 3.63) is 22.3 Å². The smallest absolute Gasteiger partial charge is 0.257 e. The van der Waals surface area contributed by atoms with Crippen LogP contribution in [-0.4, -0.2) is 28.9 Å². The number of pyridine rings is 1. The predicted octanol–water partition coefficient (Wildman–Crippen LogP) is 2.93. The molecule has 1 heterocycles. The Balaban J connectivity index is 2.89. The second-order valence-electron chi connectivity index (χ2n) is 4.98. The summed E-state index contributed by atoms with van der Waals surface area (Å²) in [6.45, 7) is 6.33. The topological polar surface area (TPSA) is 59.2 Å². The molecule has 1 amide bonds. The molecule has 1 unspecified atom stereocenters. The summed E-state index contributed by atoms with van der Waals surface area (Å²) in [6.07, 6.45) is 2.55. The quantitative estimate of drug-likeness (QED) is 0.929. The van der Waals surface area contributed by atoms with Crippen molar-refractivity contribution in [1.82, 2.24) is 9.88 Å².